The molecule has 0 unspecified atom stereocenters. The monoisotopic (exact) mass is 412 g/mol. The van der Waals surface area contributed by atoms with Gasteiger partial charge in [-0.1, -0.05) is 12.1 Å². The number of halogens is 1. The number of aromatic nitrogens is 1. The maximum absolute atomic E-state index is 13.4. The number of nitro groups is 1. The molecule has 1 aliphatic heterocycles. The number of benzene rings is 2. The minimum Gasteiger partial charge on any atom is -0.366 e. The van der Waals surface area contributed by atoms with Crippen molar-refractivity contribution in [2.75, 3.05) is 23.3 Å². The van der Waals surface area contributed by atoms with E-state index in [1.54, 1.807) is 29.6 Å². The van der Waals surface area contributed by atoms with Crippen LogP contribution in [0, 0.1) is 15.9 Å². The Kier molecular flexibility index (Phi) is 5.22. The quantitative estimate of drug-likeness (QED) is 0.484. The number of carbonyl (C=O) groups is 1. The van der Waals surface area contributed by atoms with E-state index in [4.69, 9.17) is 0 Å². The van der Waals surface area contributed by atoms with Gasteiger partial charge in [-0.15, -0.1) is 11.3 Å². The van der Waals surface area contributed by atoms with Gasteiger partial charge in [0.05, 0.1) is 10.6 Å². The number of thiazole rings is 1. The Morgan fingerprint density at radius 1 is 1.21 bits per heavy atom. The van der Waals surface area contributed by atoms with Gasteiger partial charge in [0.1, 0.15) is 11.5 Å². The van der Waals surface area contributed by atoms with E-state index in [2.05, 4.69) is 10.3 Å². The van der Waals surface area contributed by atoms with E-state index in [1.165, 1.54) is 29.5 Å². The largest absolute Gasteiger partial charge is 0.366 e. The van der Waals surface area contributed by atoms with Crippen LogP contribution in [0.15, 0.2) is 47.8 Å². The van der Waals surface area contributed by atoms with Crippen LogP contribution in [-0.4, -0.2) is 28.9 Å². The molecule has 0 spiro atoms. The first kappa shape index (κ1) is 19.0. The molecular weight excluding hydrogens is 395 g/mol. The zero-order chi connectivity index (χ0) is 20.4. The lowest BCUT2D eigenvalue weighted by molar-refractivity contribution is -0.384. The first-order chi connectivity index (χ1) is 14.0. The normalized spacial score (nSPS) is 13.5. The van der Waals surface area contributed by atoms with Gasteiger partial charge in [0.2, 0.25) is 0 Å². The van der Waals surface area contributed by atoms with Gasteiger partial charge >= 0.3 is 0 Å². The second-order valence-electron chi connectivity index (χ2n) is 6.66. The standard InChI is InChI=1S/C20H17FN4O3S/c21-15-5-3-4-13(10-15)16-12-29-20(22-16)23-19(26)14-6-7-17(18(11-14)25(27)28)24-8-1-2-9-24/h3-7,10-12H,1-2,8-9H2,(H,22,23,26). The van der Waals surface area contributed by atoms with Gasteiger partial charge in [-0.3, -0.25) is 20.2 Å². The van der Waals surface area contributed by atoms with Gasteiger partial charge in [-0.25, -0.2) is 9.37 Å². The van der Waals surface area contributed by atoms with Crippen LogP contribution in [0.25, 0.3) is 11.3 Å². The highest BCUT2D eigenvalue weighted by Crippen LogP contribution is 2.32. The molecule has 1 saturated heterocycles. The smallest absolute Gasteiger partial charge is 0.293 e. The third-order valence-corrected chi connectivity index (χ3v) is 5.48. The fourth-order valence-corrected chi connectivity index (χ4v) is 4.03. The summed E-state index contributed by atoms with van der Waals surface area (Å²) in [5.74, 6) is -0.854. The number of hydrogen-bond donors (Lipinski definition) is 1. The molecule has 3 aromatic rings. The van der Waals surface area contributed by atoms with Crippen molar-refractivity contribution in [1.82, 2.24) is 4.98 Å². The first-order valence-corrected chi connectivity index (χ1v) is 9.95. The van der Waals surface area contributed by atoms with Crippen molar-refractivity contribution < 1.29 is 14.1 Å². The number of hydrogen-bond acceptors (Lipinski definition) is 6. The van der Waals surface area contributed by atoms with Crippen molar-refractivity contribution in [2.45, 2.75) is 12.8 Å². The molecule has 29 heavy (non-hydrogen) atoms. The van der Waals surface area contributed by atoms with Crippen LogP contribution >= 0.6 is 11.3 Å². The SMILES string of the molecule is O=C(Nc1nc(-c2cccc(F)c2)cs1)c1ccc(N2CCCC2)c([N+](=O)[O-])c1. The third kappa shape index (κ3) is 4.09. The van der Waals surface area contributed by atoms with Crippen LogP contribution in [0.1, 0.15) is 23.2 Å². The van der Waals surface area contributed by atoms with E-state index in [1.807, 2.05) is 4.90 Å². The van der Waals surface area contributed by atoms with Crippen LogP contribution in [0.3, 0.4) is 0 Å². The molecule has 1 fully saturated rings. The molecule has 0 bridgehead atoms. The maximum atomic E-state index is 13.4. The van der Waals surface area contributed by atoms with Crippen molar-refractivity contribution in [3.63, 3.8) is 0 Å². The van der Waals surface area contributed by atoms with Crippen LogP contribution < -0.4 is 10.2 Å². The first-order valence-electron chi connectivity index (χ1n) is 9.07. The molecule has 4 rings (SSSR count). The lowest BCUT2D eigenvalue weighted by Gasteiger charge is -2.17. The summed E-state index contributed by atoms with van der Waals surface area (Å²) in [6.07, 6.45) is 1.99. The summed E-state index contributed by atoms with van der Waals surface area (Å²) in [5, 5.41) is 16.2. The van der Waals surface area contributed by atoms with E-state index in [-0.39, 0.29) is 17.1 Å². The Morgan fingerprint density at radius 3 is 2.72 bits per heavy atom. The Labute approximate surface area is 170 Å². The minimum absolute atomic E-state index is 0.0841. The van der Waals surface area contributed by atoms with Gasteiger partial charge in [-0.2, -0.15) is 0 Å². The number of rotatable bonds is 5. The van der Waals surface area contributed by atoms with Crippen molar-refractivity contribution in [1.29, 1.82) is 0 Å². The second kappa shape index (κ2) is 7.96. The molecule has 2 heterocycles. The summed E-state index contributed by atoms with van der Waals surface area (Å²) in [6, 6.07) is 10.5. The molecule has 7 nitrogen and oxygen atoms in total. The zero-order valence-corrected chi connectivity index (χ0v) is 16.1. The maximum Gasteiger partial charge on any atom is 0.293 e. The summed E-state index contributed by atoms with van der Waals surface area (Å²) in [6.45, 7) is 1.54. The van der Waals surface area contributed by atoms with Gasteiger partial charge in [0.25, 0.3) is 11.6 Å². The van der Waals surface area contributed by atoms with E-state index < -0.39 is 10.8 Å². The number of nitrogens with one attached hydrogen (secondary N) is 1. The number of nitrogens with zero attached hydrogens (tertiary/aromatic N) is 3. The molecule has 148 valence electrons. The van der Waals surface area contributed by atoms with E-state index in [9.17, 15) is 19.3 Å². The highest BCUT2D eigenvalue weighted by atomic mass is 32.1. The summed E-state index contributed by atoms with van der Waals surface area (Å²) >= 11 is 1.20. The molecule has 1 aliphatic rings. The fourth-order valence-electron chi connectivity index (χ4n) is 3.32. The molecule has 0 radical (unpaired) electrons. The van der Waals surface area contributed by atoms with Crippen molar-refractivity contribution in [3.05, 3.63) is 69.3 Å². The van der Waals surface area contributed by atoms with Crippen LogP contribution in [0.2, 0.25) is 0 Å². The molecule has 0 atom stereocenters. The van der Waals surface area contributed by atoms with Crippen molar-refractivity contribution in [3.8, 4) is 11.3 Å². The predicted octanol–water partition coefficient (Wildman–Crippen LogP) is 4.71. The second-order valence-corrected chi connectivity index (χ2v) is 7.52. The molecule has 2 aromatic carbocycles. The molecular formula is C20H17FN4O3S. The summed E-state index contributed by atoms with van der Waals surface area (Å²) < 4.78 is 13.4. The highest BCUT2D eigenvalue weighted by Gasteiger charge is 2.24. The molecule has 0 saturated carbocycles. The molecule has 1 aromatic heterocycles. The van der Waals surface area contributed by atoms with Gasteiger partial charge < -0.3 is 4.90 Å². The Morgan fingerprint density at radius 2 is 2.00 bits per heavy atom. The number of anilines is 2. The molecule has 1 N–H and O–H groups in total. The average molecular weight is 412 g/mol. The number of nitro benzene ring substituents is 1. The topological polar surface area (TPSA) is 88.4 Å². The summed E-state index contributed by atoms with van der Waals surface area (Å²) in [4.78, 5) is 29.9. The molecule has 1 amide bonds. The van der Waals surface area contributed by atoms with Crippen LogP contribution in [-0.2, 0) is 0 Å². The summed E-state index contributed by atoms with van der Waals surface area (Å²) in [7, 11) is 0. The van der Waals surface area contributed by atoms with Crippen molar-refractivity contribution >= 4 is 33.8 Å². The van der Waals surface area contributed by atoms with E-state index in [0.29, 0.717) is 22.1 Å². The summed E-state index contributed by atoms with van der Waals surface area (Å²) in [5.41, 5.74) is 1.78. The zero-order valence-electron chi connectivity index (χ0n) is 15.3. The third-order valence-electron chi connectivity index (χ3n) is 4.73. The van der Waals surface area contributed by atoms with Gasteiger partial charge in [0.15, 0.2) is 5.13 Å². The highest BCUT2D eigenvalue weighted by molar-refractivity contribution is 7.14. The Bertz CT molecular complexity index is 1080. The van der Waals surface area contributed by atoms with Crippen LogP contribution in [0.5, 0.6) is 0 Å². The average Bonchev–Trinajstić information content (AvgIpc) is 3.40. The number of amides is 1. The Hall–Kier alpha value is -3.33. The molecule has 9 heteroatoms. The molecule has 0 aliphatic carbocycles. The van der Waals surface area contributed by atoms with Gasteiger partial charge in [0, 0.05) is 35.7 Å². The Balaban J connectivity index is 1.54. The van der Waals surface area contributed by atoms with Gasteiger partial charge in [-0.05, 0) is 37.1 Å². The van der Waals surface area contributed by atoms with E-state index in [0.717, 1.165) is 25.9 Å². The van der Waals surface area contributed by atoms with E-state index >= 15 is 0 Å². The van der Waals surface area contributed by atoms with Crippen LogP contribution in [0.4, 0.5) is 20.9 Å². The fraction of sp³-hybridized carbons (Fsp3) is 0.200. The lowest BCUT2D eigenvalue weighted by Crippen LogP contribution is -2.19. The van der Waals surface area contributed by atoms with Crippen molar-refractivity contribution in [2.24, 2.45) is 0 Å². The lowest BCUT2D eigenvalue weighted by atomic mass is 10.1. The number of carbonyl (C=O) groups excluding carboxylic acids is 1. The minimum atomic E-state index is -0.485. The predicted molar refractivity (Wildman–Crippen MR) is 110 cm³/mol.